The molecule has 0 amide bonds. The second-order valence-electron chi connectivity index (χ2n) is 8.23. The Morgan fingerprint density at radius 2 is 1.66 bits per heavy atom. The van der Waals surface area contributed by atoms with Crippen LogP contribution in [0.5, 0.6) is 0 Å². The Labute approximate surface area is 173 Å². The molecule has 0 aromatic rings. The van der Waals surface area contributed by atoms with Crippen molar-refractivity contribution in [1.82, 2.24) is 0 Å². The van der Waals surface area contributed by atoms with Gasteiger partial charge in [0.15, 0.2) is 23.3 Å². The molecule has 2 atom stereocenters. The molecule has 0 bridgehead atoms. The molecule has 29 heavy (non-hydrogen) atoms. The van der Waals surface area contributed by atoms with Crippen LogP contribution in [0, 0.1) is 0 Å². The molecule has 2 aliphatic rings. The van der Waals surface area contributed by atoms with Gasteiger partial charge in [-0.3, -0.25) is 14.4 Å². The van der Waals surface area contributed by atoms with E-state index in [2.05, 4.69) is 32.9 Å². The van der Waals surface area contributed by atoms with E-state index in [1.54, 1.807) is 0 Å². The number of hydrogen-bond acceptors (Lipinski definition) is 5. The molecule has 158 valence electrons. The van der Waals surface area contributed by atoms with Gasteiger partial charge in [-0.15, -0.1) is 0 Å². The molecule has 5 nitrogen and oxygen atoms in total. The minimum atomic E-state index is -1.05. The molecule has 0 aromatic carbocycles. The Kier molecular flexibility index (Phi) is 7.91. The number of esters is 1. The van der Waals surface area contributed by atoms with Crippen molar-refractivity contribution in [2.45, 2.75) is 78.4 Å². The quantitative estimate of drug-likeness (QED) is 0.305. The fourth-order valence-corrected chi connectivity index (χ4v) is 3.36. The molecule has 2 unspecified atom stereocenters. The smallest absolute Gasteiger partial charge is 0.302 e. The van der Waals surface area contributed by atoms with Crippen molar-refractivity contribution in [3.8, 4) is 0 Å². The Balaban J connectivity index is 1.85. The highest BCUT2D eigenvalue weighted by atomic mass is 16.6. The van der Waals surface area contributed by atoms with E-state index >= 15 is 0 Å². The van der Waals surface area contributed by atoms with Gasteiger partial charge in [0, 0.05) is 18.9 Å². The fourth-order valence-electron chi connectivity index (χ4n) is 3.36. The highest BCUT2D eigenvalue weighted by molar-refractivity contribution is 6.18. The van der Waals surface area contributed by atoms with Gasteiger partial charge in [-0.2, -0.15) is 0 Å². The van der Waals surface area contributed by atoms with Crippen LogP contribution in [0.3, 0.4) is 0 Å². The van der Waals surface area contributed by atoms with Crippen LogP contribution < -0.4 is 0 Å². The lowest BCUT2D eigenvalue weighted by atomic mass is 9.85. The van der Waals surface area contributed by atoms with Gasteiger partial charge in [0.1, 0.15) is 6.61 Å². The van der Waals surface area contributed by atoms with Crippen LogP contribution in [-0.4, -0.2) is 35.8 Å². The highest BCUT2D eigenvalue weighted by Gasteiger charge is 2.66. The average Bonchev–Trinajstić information content (AvgIpc) is 3.38. The molecule has 0 aromatic heterocycles. The number of ketones is 2. The molecular weight excluding hydrogens is 368 g/mol. The number of fused-ring (bicyclic) bond motifs is 1. The lowest BCUT2D eigenvalue weighted by Crippen LogP contribution is -2.35. The monoisotopic (exact) mass is 400 g/mol. The van der Waals surface area contributed by atoms with E-state index in [4.69, 9.17) is 9.47 Å². The van der Waals surface area contributed by atoms with Crippen molar-refractivity contribution in [3.05, 3.63) is 46.6 Å². The maximum atomic E-state index is 12.5. The number of allylic oxidation sites excluding steroid dienone is 5. The summed E-state index contributed by atoms with van der Waals surface area (Å²) >= 11 is 0. The first-order chi connectivity index (χ1) is 13.7. The third kappa shape index (κ3) is 6.36. The molecule has 0 N–H and O–H groups in total. The first kappa shape index (κ1) is 23.0. The molecule has 1 saturated heterocycles. The molecule has 1 heterocycles. The van der Waals surface area contributed by atoms with Gasteiger partial charge in [-0.05, 0) is 59.5 Å². The molecule has 0 saturated carbocycles. The van der Waals surface area contributed by atoms with E-state index in [1.165, 1.54) is 29.7 Å². The third-order valence-corrected chi connectivity index (χ3v) is 5.28. The SMILES string of the molecule is CC(=O)OCC1=CC(=O)C2(CC=C(C)CCC=C(C)CCC=C(C)C)OC2C1=O. The summed E-state index contributed by atoms with van der Waals surface area (Å²) in [5.74, 6) is -0.963. The Hall–Kier alpha value is -2.27. The zero-order valence-electron chi connectivity index (χ0n) is 18.2. The van der Waals surface area contributed by atoms with Crippen molar-refractivity contribution in [3.63, 3.8) is 0 Å². The second-order valence-corrected chi connectivity index (χ2v) is 8.23. The van der Waals surface area contributed by atoms with Crippen LogP contribution in [-0.2, 0) is 23.9 Å². The third-order valence-electron chi connectivity index (χ3n) is 5.28. The van der Waals surface area contributed by atoms with Gasteiger partial charge in [0.2, 0.25) is 0 Å². The topological polar surface area (TPSA) is 73.0 Å². The number of rotatable bonds is 10. The zero-order valence-corrected chi connectivity index (χ0v) is 18.2. The highest BCUT2D eigenvalue weighted by Crippen LogP contribution is 2.46. The van der Waals surface area contributed by atoms with Crippen LogP contribution in [0.15, 0.2) is 46.6 Å². The first-order valence-electron chi connectivity index (χ1n) is 10.2. The fraction of sp³-hybridized carbons (Fsp3) is 0.542. The minimum Gasteiger partial charge on any atom is -0.461 e. The molecular formula is C24H32O5. The summed E-state index contributed by atoms with van der Waals surface area (Å²) in [6.07, 6.45) is 11.5. The minimum absolute atomic E-state index is 0.177. The normalized spacial score (nSPS) is 24.0. The van der Waals surface area contributed by atoms with Gasteiger partial charge >= 0.3 is 5.97 Å². The van der Waals surface area contributed by atoms with E-state index in [0.717, 1.165) is 25.7 Å². The lowest BCUT2D eigenvalue weighted by molar-refractivity contribution is -0.140. The summed E-state index contributed by atoms with van der Waals surface area (Å²) in [5, 5.41) is 0. The van der Waals surface area contributed by atoms with E-state index in [9.17, 15) is 14.4 Å². The van der Waals surface area contributed by atoms with Crippen molar-refractivity contribution in [2.24, 2.45) is 0 Å². The number of carbonyl (C=O) groups is 3. The van der Waals surface area contributed by atoms with Gasteiger partial charge < -0.3 is 9.47 Å². The summed E-state index contributed by atoms with van der Waals surface area (Å²) in [4.78, 5) is 35.8. The number of carbonyl (C=O) groups excluding carboxylic acids is 3. The maximum Gasteiger partial charge on any atom is 0.302 e. The molecule has 0 radical (unpaired) electrons. The number of ether oxygens (including phenoxy) is 2. The molecule has 1 aliphatic carbocycles. The first-order valence-corrected chi connectivity index (χ1v) is 10.2. The van der Waals surface area contributed by atoms with Gasteiger partial charge in [0.05, 0.1) is 0 Å². The van der Waals surface area contributed by atoms with E-state index in [0.29, 0.717) is 6.42 Å². The summed E-state index contributed by atoms with van der Waals surface area (Å²) in [6, 6.07) is 0. The van der Waals surface area contributed by atoms with E-state index < -0.39 is 17.7 Å². The summed E-state index contributed by atoms with van der Waals surface area (Å²) < 4.78 is 10.4. The number of Topliss-reactive ketones (excluding diaryl/α,β-unsaturated/α-hetero) is 1. The van der Waals surface area contributed by atoms with Crippen molar-refractivity contribution < 1.29 is 23.9 Å². The number of epoxide rings is 1. The molecule has 5 heteroatoms. The summed E-state index contributed by atoms with van der Waals surface area (Å²) in [7, 11) is 0. The van der Waals surface area contributed by atoms with Crippen LogP contribution in [0.1, 0.15) is 66.7 Å². The molecule has 2 rings (SSSR count). The number of hydrogen-bond donors (Lipinski definition) is 0. The van der Waals surface area contributed by atoms with Crippen LogP contribution >= 0.6 is 0 Å². The van der Waals surface area contributed by atoms with Gasteiger partial charge in [-0.25, -0.2) is 0 Å². The Morgan fingerprint density at radius 3 is 2.28 bits per heavy atom. The second kappa shape index (κ2) is 9.97. The van der Waals surface area contributed by atoms with Crippen LogP contribution in [0.2, 0.25) is 0 Å². The summed E-state index contributed by atoms with van der Waals surface area (Å²) in [5.41, 5.74) is 3.07. The Morgan fingerprint density at radius 1 is 1.03 bits per heavy atom. The van der Waals surface area contributed by atoms with Gasteiger partial charge in [0.25, 0.3) is 0 Å². The predicted molar refractivity (Wildman–Crippen MR) is 112 cm³/mol. The zero-order chi connectivity index (χ0) is 21.6. The van der Waals surface area contributed by atoms with Crippen molar-refractivity contribution in [2.75, 3.05) is 6.61 Å². The van der Waals surface area contributed by atoms with Gasteiger partial charge in [-0.1, -0.05) is 34.9 Å². The average molecular weight is 401 g/mol. The molecule has 1 fully saturated rings. The van der Waals surface area contributed by atoms with Crippen molar-refractivity contribution >= 4 is 17.5 Å². The molecule has 1 aliphatic heterocycles. The van der Waals surface area contributed by atoms with Crippen LogP contribution in [0.4, 0.5) is 0 Å². The summed E-state index contributed by atoms with van der Waals surface area (Å²) in [6.45, 7) is 9.51. The largest absolute Gasteiger partial charge is 0.461 e. The van der Waals surface area contributed by atoms with E-state index in [1.807, 2.05) is 13.0 Å². The predicted octanol–water partition coefficient (Wildman–Crippen LogP) is 4.57. The van der Waals surface area contributed by atoms with Crippen LogP contribution in [0.25, 0.3) is 0 Å². The standard InChI is InChI=1S/C24H32O5/c1-16(2)8-6-9-17(3)10-7-11-18(4)12-13-24-21(26)14-20(15-28-19(5)25)22(27)23(24)29-24/h8,10,12,14,23H,6-7,9,11,13,15H2,1-5H3. The Bertz CT molecular complexity index is 792. The maximum absolute atomic E-state index is 12.5. The lowest BCUT2D eigenvalue weighted by Gasteiger charge is -2.14. The molecule has 0 spiro atoms. The van der Waals surface area contributed by atoms with Crippen molar-refractivity contribution in [1.29, 1.82) is 0 Å². The van der Waals surface area contributed by atoms with E-state index in [-0.39, 0.29) is 23.7 Å².